The largest absolute Gasteiger partial charge is 0.314 e. The molecule has 1 fully saturated rings. The molecule has 0 saturated heterocycles. The molecule has 2 rings (SSSR count). The van der Waals surface area contributed by atoms with Gasteiger partial charge in [0.15, 0.2) is 0 Å². The molecule has 0 aliphatic heterocycles. The fourth-order valence-electron chi connectivity index (χ4n) is 1.93. The lowest BCUT2D eigenvalue weighted by atomic mass is 10.1. The van der Waals surface area contributed by atoms with Crippen LogP contribution in [0.3, 0.4) is 0 Å². The highest BCUT2D eigenvalue weighted by atomic mass is 79.9. The van der Waals surface area contributed by atoms with Gasteiger partial charge in [0, 0.05) is 15.5 Å². The van der Waals surface area contributed by atoms with Crippen molar-refractivity contribution in [3.63, 3.8) is 0 Å². The topological polar surface area (TPSA) is 12.0 Å². The summed E-state index contributed by atoms with van der Waals surface area (Å²) < 4.78 is 1.15. The molecule has 3 heteroatoms. The first-order chi connectivity index (χ1) is 7.66. The Hall–Kier alpha value is -0.0500. The van der Waals surface area contributed by atoms with Crippen LogP contribution in [0.25, 0.3) is 0 Å². The molecule has 1 aliphatic rings. The van der Waals surface area contributed by atoms with Crippen molar-refractivity contribution < 1.29 is 0 Å². The third-order valence-corrected chi connectivity index (χ3v) is 4.21. The summed E-state index contributed by atoms with van der Waals surface area (Å²) in [6.45, 7) is 3.31. The zero-order valence-corrected chi connectivity index (χ0v) is 11.8. The predicted molar refractivity (Wildman–Crippen MR) is 73.0 cm³/mol. The zero-order valence-electron chi connectivity index (χ0n) is 9.47. The highest BCUT2D eigenvalue weighted by Crippen LogP contribution is 2.32. The Bertz CT molecular complexity index is 363. The van der Waals surface area contributed by atoms with Gasteiger partial charge in [-0.2, -0.15) is 0 Å². The second-order valence-corrected chi connectivity index (χ2v) is 5.86. The van der Waals surface area contributed by atoms with Gasteiger partial charge in [0.1, 0.15) is 0 Å². The number of halogens is 2. The van der Waals surface area contributed by atoms with Crippen LogP contribution in [0.1, 0.15) is 25.3 Å². The summed E-state index contributed by atoms with van der Waals surface area (Å²) in [5.41, 5.74) is 1.28. The van der Waals surface area contributed by atoms with E-state index in [1.54, 1.807) is 0 Å². The Kier molecular flexibility index (Phi) is 4.28. The third kappa shape index (κ3) is 3.47. The molecule has 1 saturated carbocycles. The summed E-state index contributed by atoms with van der Waals surface area (Å²) in [6.07, 6.45) is 3.82. The molecule has 88 valence electrons. The minimum Gasteiger partial charge on any atom is -0.314 e. The van der Waals surface area contributed by atoms with Gasteiger partial charge in [0.25, 0.3) is 0 Å². The van der Waals surface area contributed by atoms with Crippen molar-refractivity contribution in [1.29, 1.82) is 0 Å². The van der Waals surface area contributed by atoms with Crippen LogP contribution in [0.2, 0.25) is 5.02 Å². The molecule has 1 nitrogen and oxygen atoms in total. The van der Waals surface area contributed by atoms with E-state index in [1.165, 1.54) is 18.4 Å². The average Bonchev–Trinajstić information content (AvgIpc) is 3.06. The van der Waals surface area contributed by atoms with Crippen molar-refractivity contribution >= 4 is 27.5 Å². The summed E-state index contributed by atoms with van der Waals surface area (Å²) >= 11 is 9.53. The Labute approximate surface area is 111 Å². The Morgan fingerprint density at radius 1 is 1.50 bits per heavy atom. The average molecular weight is 303 g/mol. The smallest absolute Gasteiger partial charge is 0.0409 e. The number of hydrogen-bond acceptors (Lipinski definition) is 1. The van der Waals surface area contributed by atoms with Crippen molar-refractivity contribution in [2.75, 3.05) is 6.54 Å². The maximum Gasteiger partial charge on any atom is 0.0409 e. The number of benzene rings is 1. The summed E-state index contributed by atoms with van der Waals surface area (Å²) in [5.74, 6) is 0.919. The van der Waals surface area contributed by atoms with Gasteiger partial charge in [0.2, 0.25) is 0 Å². The zero-order chi connectivity index (χ0) is 11.5. The van der Waals surface area contributed by atoms with E-state index < -0.39 is 0 Å². The monoisotopic (exact) mass is 301 g/mol. The van der Waals surface area contributed by atoms with E-state index in [1.807, 2.05) is 18.2 Å². The molecular formula is C13H17BrClN. The van der Waals surface area contributed by atoms with Gasteiger partial charge in [-0.25, -0.2) is 0 Å². The number of rotatable bonds is 5. The van der Waals surface area contributed by atoms with Gasteiger partial charge in [0.05, 0.1) is 0 Å². The first-order valence-electron chi connectivity index (χ1n) is 5.84. The van der Waals surface area contributed by atoms with Crippen molar-refractivity contribution in [1.82, 2.24) is 5.32 Å². The summed E-state index contributed by atoms with van der Waals surface area (Å²) in [4.78, 5) is 0. The van der Waals surface area contributed by atoms with E-state index in [9.17, 15) is 0 Å². The van der Waals surface area contributed by atoms with Crippen molar-refractivity contribution in [3.05, 3.63) is 33.3 Å². The molecule has 0 amide bonds. The lowest BCUT2D eigenvalue weighted by Gasteiger charge is -2.13. The molecule has 0 radical (unpaired) electrons. The Balaban J connectivity index is 1.81. The quantitative estimate of drug-likeness (QED) is 0.866. The van der Waals surface area contributed by atoms with E-state index in [0.717, 1.165) is 28.4 Å². The fraction of sp³-hybridized carbons (Fsp3) is 0.538. The van der Waals surface area contributed by atoms with Crippen LogP contribution < -0.4 is 5.32 Å². The summed E-state index contributed by atoms with van der Waals surface area (Å²) in [6, 6.07) is 6.63. The molecule has 1 unspecified atom stereocenters. The van der Waals surface area contributed by atoms with Crippen LogP contribution in [0.4, 0.5) is 0 Å². The first kappa shape index (κ1) is 12.4. The molecule has 1 aromatic rings. The fourth-order valence-corrected chi connectivity index (χ4v) is 2.57. The third-order valence-electron chi connectivity index (χ3n) is 3.20. The molecule has 1 N–H and O–H groups in total. The lowest BCUT2D eigenvalue weighted by Crippen LogP contribution is -2.29. The number of hydrogen-bond donors (Lipinski definition) is 1. The first-order valence-corrected chi connectivity index (χ1v) is 7.01. The molecule has 16 heavy (non-hydrogen) atoms. The van der Waals surface area contributed by atoms with Crippen molar-refractivity contribution in [3.8, 4) is 0 Å². The Morgan fingerprint density at radius 3 is 2.94 bits per heavy atom. The molecule has 1 aliphatic carbocycles. The number of nitrogens with one attached hydrogen (secondary N) is 1. The van der Waals surface area contributed by atoms with Crippen LogP contribution in [0.15, 0.2) is 22.7 Å². The van der Waals surface area contributed by atoms with Crippen LogP contribution >= 0.6 is 27.5 Å². The summed E-state index contributed by atoms with van der Waals surface area (Å²) in [7, 11) is 0. The van der Waals surface area contributed by atoms with Crippen molar-refractivity contribution in [2.24, 2.45) is 5.92 Å². The van der Waals surface area contributed by atoms with E-state index >= 15 is 0 Å². The van der Waals surface area contributed by atoms with Gasteiger partial charge >= 0.3 is 0 Å². The normalized spacial score (nSPS) is 17.4. The second-order valence-electron chi connectivity index (χ2n) is 4.57. The van der Waals surface area contributed by atoms with E-state index in [2.05, 4.69) is 28.2 Å². The van der Waals surface area contributed by atoms with Crippen LogP contribution in [-0.2, 0) is 6.42 Å². The van der Waals surface area contributed by atoms with E-state index in [4.69, 9.17) is 11.6 Å². The molecule has 0 bridgehead atoms. The maximum atomic E-state index is 5.98. The van der Waals surface area contributed by atoms with Gasteiger partial charge < -0.3 is 5.32 Å². The van der Waals surface area contributed by atoms with Crippen molar-refractivity contribution in [2.45, 2.75) is 32.2 Å². The molecular weight excluding hydrogens is 286 g/mol. The molecule has 0 spiro atoms. The minimum atomic E-state index is 0.665. The van der Waals surface area contributed by atoms with Crippen LogP contribution in [0, 0.1) is 5.92 Å². The van der Waals surface area contributed by atoms with E-state index in [-0.39, 0.29) is 0 Å². The Morgan fingerprint density at radius 2 is 2.25 bits per heavy atom. The molecule has 1 atom stereocenters. The SMILES string of the molecule is CC(NCCc1cc(Cl)ccc1Br)C1CC1. The molecule has 0 aromatic heterocycles. The van der Waals surface area contributed by atoms with Gasteiger partial charge in [-0.15, -0.1) is 0 Å². The lowest BCUT2D eigenvalue weighted by molar-refractivity contribution is 0.500. The second kappa shape index (κ2) is 5.52. The van der Waals surface area contributed by atoms with E-state index in [0.29, 0.717) is 6.04 Å². The highest BCUT2D eigenvalue weighted by Gasteiger charge is 2.27. The predicted octanol–water partition coefficient (Wildman–Crippen LogP) is 4.03. The standard InChI is InChI=1S/C13H17BrClN/c1-9(10-2-3-10)16-7-6-11-8-12(15)4-5-13(11)14/h4-5,8-10,16H,2-3,6-7H2,1H3. The molecule has 0 heterocycles. The van der Waals surface area contributed by atoms with Crippen LogP contribution in [-0.4, -0.2) is 12.6 Å². The summed E-state index contributed by atoms with van der Waals surface area (Å²) in [5, 5.41) is 4.39. The van der Waals surface area contributed by atoms with Gasteiger partial charge in [-0.05, 0) is 62.4 Å². The van der Waals surface area contributed by atoms with Crippen LogP contribution in [0.5, 0.6) is 0 Å². The minimum absolute atomic E-state index is 0.665. The maximum absolute atomic E-state index is 5.98. The highest BCUT2D eigenvalue weighted by molar-refractivity contribution is 9.10. The van der Waals surface area contributed by atoms with Gasteiger partial charge in [-0.1, -0.05) is 27.5 Å². The molecule has 1 aromatic carbocycles. The van der Waals surface area contributed by atoms with Gasteiger partial charge in [-0.3, -0.25) is 0 Å².